The van der Waals surface area contributed by atoms with Gasteiger partial charge in [0, 0.05) is 24.2 Å². The molecule has 1 rings (SSSR count). The van der Waals surface area contributed by atoms with Crippen LogP contribution in [0.4, 0.5) is 0 Å². The lowest BCUT2D eigenvalue weighted by Gasteiger charge is -2.27. The van der Waals surface area contributed by atoms with Gasteiger partial charge in [-0.2, -0.15) is 0 Å². The van der Waals surface area contributed by atoms with E-state index in [1.807, 2.05) is 6.07 Å². The van der Waals surface area contributed by atoms with Gasteiger partial charge in [-0.05, 0) is 36.0 Å². The zero-order valence-corrected chi connectivity index (χ0v) is 22.6. The van der Waals surface area contributed by atoms with Crippen molar-refractivity contribution in [3.05, 3.63) is 29.1 Å². The molecule has 0 aliphatic rings. The van der Waals surface area contributed by atoms with Gasteiger partial charge in [0.25, 0.3) is 0 Å². The second kappa shape index (κ2) is 13.7. The SMILES string of the molecule is CCCCCCNC(=O)C(C(=O)NCCCCCC)c1cc(C(C)(C)C)cc(C(C)(C)C)n1. The Morgan fingerprint density at radius 2 is 1.24 bits per heavy atom. The molecular weight excluding hydrogens is 410 g/mol. The summed E-state index contributed by atoms with van der Waals surface area (Å²) in [5.41, 5.74) is 2.24. The predicted molar refractivity (Wildman–Crippen MR) is 139 cm³/mol. The van der Waals surface area contributed by atoms with Gasteiger partial charge >= 0.3 is 0 Å². The summed E-state index contributed by atoms with van der Waals surface area (Å²) >= 11 is 0. The largest absolute Gasteiger partial charge is 0.355 e. The van der Waals surface area contributed by atoms with Crippen LogP contribution in [0.5, 0.6) is 0 Å². The number of rotatable bonds is 13. The maximum Gasteiger partial charge on any atom is 0.238 e. The van der Waals surface area contributed by atoms with Crippen molar-refractivity contribution in [2.75, 3.05) is 13.1 Å². The highest BCUT2D eigenvalue weighted by Gasteiger charge is 2.32. The highest BCUT2D eigenvalue weighted by Crippen LogP contribution is 2.30. The number of hydrogen-bond donors (Lipinski definition) is 2. The molecule has 0 atom stereocenters. The van der Waals surface area contributed by atoms with Crippen LogP contribution in [0, 0.1) is 0 Å². The van der Waals surface area contributed by atoms with E-state index in [2.05, 4.69) is 72.1 Å². The monoisotopic (exact) mass is 459 g/mol. The number of aromatic nitrogens is 1. The van der Waals surface area contributed by atoms with Crippen molar-refractivity contribution in [3.63, 3.8) is 0 Å². The zero-order chi connectivity index (χ0) is 25.1. The van der Waals surface area contributed by atoms with Crippen LogP contribution in [0.15, 0.2) is 12.1 Å². The first-order valence-corrected chi connectivity index (χ1v) is 13.0. The molecule has 188 valence electrons. The van der Waals surface area contributed by atoms with Crippen LogP contribution >= 0.6 is 0 Å². The molecule has 0 aromatic carbocycles. The number of carbonyl (C=O) groups excluding carboxylic acids is 2. The summed E-state index contributed by atoms with van der Waals surface area (Å²) in [6, 6.07) is 4.07. The van der Waals surface area contributed by atoms with Gasteiger partial charge in [0.2, 0.25) is 11.8 Å². The maximum absolute atomic E-state index is 13.3. The normalized spacial score (nSPS) is 12.2. The van der Waals surface area contributed by atoms with Crippen LogP contribution < -0.4 is 10.6 Å². The van der Waals surface area contributed by atoms with Gasteiger partial charge in [0.1, 0.15) is 0 Å². The quantitative estimate of drug-likeness (QED) is 0.274. The molecule has 5 heteroatoms. The topological polar surface area (TPSA) is 71.1 Å². The summed E-state index contributed by atoms with van der Waals surface area (Å²) in [6.45, 7) is 18.3. The molecule has 2 N–H and O–H groups in total. The van der Waals surface area contributed by atoms with E-state index < -0.39 is 5.92 Å². The fourth-order valence-corrected chi connectivity index (χ4v) is 3.64. The first-order chi connectivity index (χ1) is 15.4. The summed E-state index contributed by atoms with van der Waals surface area (Å²) in [6.07, 6.45) is 8.62. The van der Waals surface area contributed by atoms with Crippen molar-refractivity contribution < 1.29 is 9.59 Å². The van der Waals surface area contributed by atoms with Crippen molar-refractivity contribution in [1.29, 1.82) is 0 Å². The molecule has 1 heterocycles. The van der Waals surface area contributed by atoms with Crippen LogP contribution in [-0.4, -0.2) is 29.9 Å². The van der Waals surface area contributed by atoms with Crippen LogP contribution in [-0.2, 0) is 20.4 Å². The van der Waals surface area contributed by atoms with E-state index in [0.29, 0.717) is 18.8 Å². The summed E-state index contributed by atoms with van der Waals surface area (Å²) < 4.78 is 0. The lowest BCUT2D eigenvalue weighted by Crippen LogP contribution is -2.41. The molecule has 1 aromatic rings. The Labute approximate surface area is 202 Å². The average molecular weight is 460 g/mol. The molecule has 0 saturated carbocycles. The van der Waals surface area contributed by atoms with E-state index in [1.54, 1.807) is 0 Å². The average Bonchev–Trinajstić information content (AvgIpc) is 2.72. The second-order valence-corrected chi connectivity index (χ2v) is 11.3. The molecule has 0 fully saturated rings. The Morgan fingerprint density at radius 1 is 0.758 bits per heavy atom. The minimum Gasteiger partial charge on any atom is -0.355 e. The van der Waals surface area contributed by atoms with Crippen molar-refractivity contribution in [2.24, 2.45) is 0 Å². The molecular formula is C28H49N3O2. The molecule has 0 radical (unpaired) electrons. The zero-order valence-electron chi connectivity index (χ0n) is 22.6. The number of nitrogens with one attached hydrogen (secondary N) is 2. The number of nitrogens with zero attached hydrogens (tertiary/aromatic N) is 1. The van der Waals surface area contributed by atoms with E-state index >= 15 is 0 Å². The molecule has 1 aromatic heterocycles. The number of unbranched alkanes of at least 4 members (excludes halogenated alkanes) is 6. The first kappa shape index (κ1) is 29.1. The van der Waals surface area contributed by atoms with Crippen LogP contribution in [0.2, 0.25) is 0 Å². The molecule has 5 nitrogen and oxygen atoms in total. The van der Waals surface area contributed by atoms with E-state index in [4.69, 9.17) is 4.98 Å². The predicted octanol–water partition coefficient (Wildman–Crippen LogP) is 6.15. The molecule has 0 bridgehead atoms. The highest BCUT2D eigenvalue weighted by molar-refractivity contribution is 6.05. The second-order valence-electron chi connectivity index (χ2n) is 11.3. The standard InChI is InChI=1S/C28H49N3O2/c1-9-11-13-15-17-29-25(32)24(26(33)30-18-16-14-12-10-2)22-19-21(27(3,4)5)20-23(31-22)28(6,7)8/h19-20,24H,9-18H2,1-8H3,(H,29,32)(H,30,33). The molecule has 2 amide bonds. The summed E-state index contributed by atoms with van der Waals surface area (Å²) in [7, 11) is 0. The number of pyridine rings is 1. The van der Waals surface area contributed by atoms with Crippen LogP contribution in [0.3, 0.4) is 0 Å². The molecule has 33 heavy (non-hydrogen) atoms. The third-order valence-corrected chi connectivity index (χ3v) is 5.96. The minimum absolute atomic E-state index is 0.116. The summed E-state index contributed by atoms with van der Waals surface area (Å²) in [5, 5.41) is 6.02. The third-order valence-electron chi connectivity index (χ3n) is 5.96. The summed E-state index contributed by atoms with van der Waals surface area (Å²) in [5.74, 6) is -1.45. The fraction of sp³-hybridized carbons (Fsp3) is 0.750. The number of carbonyl (C=O) groups is 2. The maximum atomic E-state index is 13.3. The fourth-order valence-electron chi connectivity index (χ4n) is 3.64. The highest BCUT2D eigenvalue weighted by atomic mass is 16.2. The smallest absolute Gasteiger partial charge is 0.238 e. The van der Waals surface area contributed by atoms with Crippen molar-refractivity contribution in [2.45, 2.75) is 124 Å². The Bertz CT molecular complexity index is 686. The first-order valence-electron chi connectivity index (χ1n) is 13.0. The summed E-state index contributed by atoms with van der Waals surface area (Å²) in [4.78, 5) is 31.4. The van der Waals surface area contributed by atoms with E-state index in [9.17, 15) is 9.59 Å². The van der Waals surface area contributed by atoms with Crippen LogP contribution in [0.25, 0.3) is 0 Å². The van der Waals surface area contributed by atoms with Crippen molar-refractivity contribution >= 4 is 11.8 Å². The van der Waals surface area contributed by atoms with Gasteiger partial charge in [0.15, 0.2) is 5.92 Å². The Morgan fingerprint density at radius 3 is 1.64 bits per heavy atom. The Balaban J connectivity index is 3.22. The third kappa shape index (κ3) is 10.3. The van der Waals surface area contributed by atoms with E-state index in [-0.39, 0.29) is 22.6 Å². The van der Waals surface area contributed by atoms with Crippen LogP contribution in [0.1, 0.15) is 130 Å². The molecule has 0 aliphatic carbocycles. The van der Waals surface area contributed by atoms with Crippen molar-refractivity contribution in [1.82, 2.24) is 15.6 Å². The lowest BCUT2D eigenvalue weighted by atomic mass is 9.82. The lowest BCUT2D eigenvalue weighted by molar-refractivity contribution is -0.131. The van der Waals surface area contributed by atoms with E-state index in [0.717, 1.165) is 62.6 Å². The van der Waals surface area contributed by atoms with Gasteiger partial charge < -0.3 is 10.6 Å². The van der Waals surface area contributed by atoms with Crippen molar-refractivity contribution in [3.8, 4) is 0 Å². The minimum atomic E-state index is -0.939. The van der Waals surface area contributed by atoms with Gasteiger partial charge in [-0.15, -0.1) is 0 Å². The van der Waals surface area contributed by atoms with Gasteiger partial charge in [-0.1, -0.05) is 93.9 Å². The van der Waals surface area contributed by atoms with Gasteiger partial charge in [0.05, 0.1) is 5.69 Å². The van der Waals surface area contributed by atoms with E-state index in [1.165, 1.54) is 0 Å². The molecule has 0 unspecified atom stereocenters. The molecule has 0 aliphatic heterocycles. The molecule has 0 saturated heterocycles. The molecule has 0 spiro atoms. The number of amides is 2. The van der Waals surface area contributed by atoms with Gasteiger partial charge in [-0.3, -0.25) is 14.6 Å². The number of hydrogen-bond acceptors (Lipinski definition) is 3. The Hall–Kier alpha value is -1.91. The van der Waals surface area contributed by atoms with Gasteiger partial charge in [-0.25, -0.2) is 0 Å². The Kier molecular flexibility index (Phi) is 12.1.